The van der Waals surface area contributed by atoms with Gasteiger partial charge in [0.15, 0.2) is 0 Å². The Labute approximate surface area is 317 Å². The molecule has 12 nitrogen and oxygen atoms in total. The summed E-state index contributed by atoms with van der Waals surface area (Å²) >= 11 is 0. The van der Waals surface area contributed by atoms with Crippen LogP contribution in [0, 0.1) is 0 Å². The van der Waals surface area contributed by atoms with Crippen molar-refractivity contribution in [2.24, 2.45) is 0 Å². The molecule has 3 N–H and O–H groups in total. The van der Waals surface area contributed by atoms with Crippen LogP contribution in [0.3, 0.4) is 0 Å². The van der Waals surface area contributed by atoms with E-state index in [1.165, 1.54) is 49.8 Å². The highest BCUT2D eigenvalue weighted by molar-refractivity contribution is 5.94. The average molecular weight is 742 g/mol. The molecule has 0 bridgehead atoms. The first-order valence-electron chi connectivity index (χ1n) is 20.3. The molecule has 2 heterocycles. The van der Waals surface area contributed by atoms with Gasteiger partial charge in [-0.15, -0.1) is 0 Å². The van der Waals surface area contributed by atoms with Crippen LogP contribution in [0.4, 0.5) is 9.59 Å². The van der Waals surface area contributed by atoms with E-state index in [9.17, 15) is 24.0 Å². The molecule has 298 valence electrons. The second-order valence-electron chi connectivity index (χ2n) is 15.5. The van der Waals surface area contributed by atoms with Crippen molar-refractivity contribution in [1.82, 2.24) is 25.8 Å². The highest BCUT2D eigenvalue weighted by Gasteiger charge is 2.41. The quantitative estimate of drug-likeness (QED) is 0.109. The third kappa shape index (κ3) is 16.4. The van der Waals surface area contributed by atoms with Crippen molar-refractivity contribution < 1.29 is 33.4 Å². The van der Waals surface area contributed by atoms with Gasteiger partial charge in [-0.05, 0) is 77.7 Å². The number of carbonyl (C=O) groups excluding carboxylic acids is 5. The summed E-state index contributed by atoms with van der Waals surface area (Å²) in [4.78, 5) is 69.3. The maximum atomic E-state index is 14.1. The summed E-state index contributed by atoms with van der Waals surface area (Å²) in [7, 11) is 0. The molecular weight excluding hydrogens is 674 g/mol. The van der Waals surface area contributed by atoms with Crippen molar-refractivity contribution in [2.75, 3.05) is 26.2 Å². The molecule has 2 saturated heterocycles. The summed E-state index contributed by atoms with van der Waals surface area (Å²) in [6, 6.07) is 7.19. The second kappa shape index (κ2) is 23.8. The summed E-state index contributed by atoms with van der Waals surface area (Å²) < 4.78 is 10.8. The van der Waals surface area contributed by atoms with Gasteiger partial charge in [0, 0.05) is 26.2 Å². The van der Waals surface area contributed by atoms with Crippen LogP contribution in [0.2, 0.25) is 0 Å². The number of likely N-dealkylation sites (tertiary alicyclic amines) is 2. The molecule has 5 amide bonds. The smallest absolute Gasteiger partial charge is 0.410 e. The number of rotatable bonds is 22. The molecule has 3 rings (SSSR count). The number of carbonyl (C=O) groups is 5. The molecule has 3 atom stereocenters. The van der Waals surface area contributed by atoms with E-state index in [-0.39, 0.29) is 18.4 Å². The number of benzene rings is 1. The summed E-state index contributed by atoms with van der Waals surface area (Å²) in [5.74, 6) is -0.857. The molecule has 2 aliphatic heterocycles. The second-order valence-corrected chi connectivity index (χ2v) is 15.5. The number of nitrogens with one attached hydrogen (secondary N) is 3. The zero-order valence-electron chi connectivity index (χ0n) is 32.9. The van der Waals surface area contributed by atoms with Gasteiger partial charge in [-0.2, -0.15) is 0 Å². The SMILES string of the molecule is CCCCCCCCCCCCNC(=O)[C@@H]1CCCN1C(=O)[C@H](CCCCNC(=O)OCc1ccccc1)NC(=O)[C@@H]1CCCN1C(=O)OC(C)(C)C. The molecule has 2 fully saturated rings. The fraction of sp³-hybridized carbons (Fsp3) is 0.732. The van der Waals surface area contributed by atoms with Crippen LogP contribution in [0.15, 0.2) is 30.3 Å². The minimum Gasteiger partial charge on any atom is -0.445 e. The van der Waals surface area contributed by atoms with E-state index in [0.29, 0.717) is 71.1 Å². The standard InChI is InChI=1S/C41H67N5O7/c1-5-6-7-8-9-10-11-12-13-18-27-42-36(47)34-25-20-29-45(34)38(49)33(24-17-19-28-43-39(50)52-31-32-22-15-14-16-23-32)44-37(48)35-26-21-30-46(35)40(51)53-41(2,3)4/h14-16,22-23,33-35H,5-13,17-21,24-31H2,1-4H3,(H,42,47)(H,43,50)(H,44,48)/t33-,34-,35-/m0/s1. The van der Waals surface area contributed by atoms with Crippen LogP contribution in [0.1, 0.15) is 142 Å². The van der Waals surface area contributed by atoms with Crippen LogP contribution < -0.4 is 16.0 Å². The van der Waals surface area contributed by atoms with Gasteiger partial charge >= 0.3 is 12.2 Å². The van der Waals surface area contributed by atoms with Gasteiger partial charge in [0.05, 0.1) is 0 Å². The average Bonchev–Trinajstić information content (AvgIpc) is 3.83. The monoisotopic (exact) mass is 742 g/mol. The molecule has 0 spiro atoms. The Morgan fingerprint density at radius 3 is 1.94 bits per heavy atom. The highest BCUT2D eigenvalue weighted by Crippen LogP contribution is 2.23. The zero-order chi connectivity index (χ0) is 38.5. The Balaban J connectivity index is 1.53. The first-order chi connectivity index (χ1) is 25.5. The summed E-state index contributed by atoms with van der Waals surface area (Å²) in [5.41, 5.74) is 0.181. The maximum Gasteiger partial charge on any atom is 0.410 e. The lowest BCUT2D eigenvalue weighted by molar-refractivity contribution is -0.142. The lowest BCUT2D eigenvalue weighted by atomic mass is 10.1. The Kier molecular flexibility index (Phi) is 19.5. The number of nitrogens with zero attached hydrogens (tertiary/aromatic N) is 2. The summed E-state index contributed by atoms with van der Waals surface area (Å²) in [6.45, 7) is 9.49. The molecule has 1 aromatic carbocycles. The molecule has 0 saturated carbocycles. The molecule has 1 aromatic rings. The number of amides is 5. The Hall–Kier alpha value is -3.83. The topological polar surface area (TPSA) is 146 Å². The van der Waals surface area contributed by atoms with Gasteiger partial charge < -0.3 is 30.3 Å². The van der Waals surface area contributed by atoms with Crippen molar-refractivity contribution in [3.05, 3.63) is 35.9 Å². The summed E-state index contributed by atoms with van der Waals surface area (Å²) in [6.07, 6.45) is 14.9. The number of unbranched alkanes of at least 4 members (excludes halogenated alkanes) is 10. The van der Waals surface area contributed by atoms with Gasteiger partial charge in [0.2, 0.25) is 17.7 Å². The minimum absolute atomic E-state index is 0.151. The van der Waals surface area contributed by atoms with E-state index in [0.717, 1.165) is 24.8 Å². The first-order valence-corrected chi connectivity index (χ1v) is 20.3. The number of ether oxygens (including phenoxy) is 2. The van der Waals surface area contributed by atoms with Gasteiger partial charge in [0.25, 0.3) is 0 Å². The van der Waals surface area contributed by atoms with E-state index in [4.69, 9.17) is 9.47 Å². The fourth-order valence-corrected chi connectivity index (χ4v) is 6.99. The maximum absolute atomic E-state index is 14.1. The number of hydrogen-bond donors (Lipinski definition) is 3. The molecule has 0 aliphatic carbocycles. The Morgan fingerprint density at radius 2 is 1.30 bits per heavy atom. The predicted octanol–water partition coefficient (Wildman–Crippen LogP) is 7.00. The van der Waals surface area contributed by atoms with Gasteiger partial charge in [-0.25, -0.2) is 9.59 Å². The molecule has 0 unspecified atom stereocenters. The van der Waals surface area contributed by atoms with Crippen molar-refractivity contribution in [3.63, 3.8) is 0 Å². The fourth-order valence-electron chi connectivity index (χ4n) is 6.99. The summed E-state index contributed by atoms with van der Waals surface area (Å²) in [5, 5.41) is 8.75. The van der Waals surface area contributed by atoms with E-state index in [1.807, 2.05) is 30.3 Å². The largest absolute Gasteiger partial charge is 0.445 e. The third-order valence-electron chi connectivity index (χ3n) is 9.87. The molecule has 12 heteroatoms. The highest BCUT2D eigenvalue weighted by atomic mass is 16.6. The number of alkyl carbamates (subject to hydrolysis) is 1. The number of hydrogen-bond acceptors (Lipinski definition) is 7. The van der Waals surface area contributed by atoms with Crippen molar-refractivity contribution in [2.45, 2.75) is 167 Å². The zero-order valence-corrected chi connectivity index (χ0v) is 32.9. The van der Waals surface area contributed by atoms with E-state index >= 15 is 0 Å². The lowest BCUT2D eigenvalue weighted by Gasteiger charge is -2.31. The first kappa shape index (κ1) is 43.6. The van der Waals surface area contributed by atoms with Crippen LogP contribution in [-0.2, 0) is 30.5 Å². The van der Waals surface area contributed by atoms with Crippen molar-refractivity contribution in [3.8, 4) is 0 Å². The van der Waals surface area contributed by atoms with Crippen LogP contribution in [-0.4, -0.2) is 89.6 Å². The molecular formula is C41H67N5O7. The van der Waals surface area contributed by atoms with Crippen molar-refractivity contribution in [1.29, 1.82) is 0 Å². The van der Waals surface area contributed by atoms with Gasteiger partial charge in [-0.1, -0.05) is 95.0 Å². The van der Waals surface area contributed by atoms with E-state index in [2.05, 4.69) is 22.9 Å². The third-order valence-corrected chi connectivity index (χ3v) is 9.87. The van der Waals surface area contributed by atoms with Crippen molar-refractivity contribution >= 4 is 29.9 Å². The van der Waals surface area contributed by atoms with E-state index < -0.39 is 41.8 Å². The molecule has 2 aliphatic rings. The Morgan fingerprint density at radius 1 is 0.736 bits per heavy atom. The Bertz CT molecular complexity index is 1270. The van der Waals surface area contributed by atoms with Gasteiger partial charge in [-0.3, -0.25) is 19.3 Å². The van der Waals surface area contributed by atoms with E-state index in [1.54, 1.807) is 25.7 Å². The molecule has 0 aromatic heterocycles. The van der Waals surface area contributed by atoms with Crippen LogP contribution in [0.5, 0.6) is 0 Å². The molecule has 53 heavy (non-hydrogen) atoms. The van der Waals surface area contributed by atoms with Crippen LogP contribution in [0.25, 0.3) is 0 Å². The molecule has 0 radical (unpaired) electrons. The minimum atomic E-state index is -0.885. The van der Waals surface area contributed by atoms with Gasteiger partial charge in [0.1, 0.15) is 30.3 Å². The lowest BCUT2D eigenvalue weighted by Crippen LogP contribution is -2.56. The predicted molar refractivity (Wildman–Crippen MR) is 206 cm³/mol. The van der Waals surface area contributed by atoms with Crippen LogP contribution >= 0.6 is 0 Å². The normalized spacial score (nSPS) is 17.7.